The van der Waals surface area contributed by atoms with Crippen LogP contribution in [0.25, 0.3) is 0 Å². The molecule has 182 valence electrons. The molecule has 0 radical (unpaired) electrons. The van der Waals surface area contributed by atoms with E-state index in [1.165, 1.54) is 0 Å². The summed E-state index contributed by atoms with van der Waals surface area (Å²) < 4.78 is 11.7. The van der Waals surface area contributed by atoms with Crippen molar-refractivity contribution in [2.24, 2.45) is 17.8 Å². The third-order valence-corrected chi connectivity index (χ3v) is 6.78. The van der Waals surface area contributed by atoms with Gasteiger partial charge in [-0.05, 0) is 56.9 Å². The predicted octanol–water partition coefficient (Wildman–Crippen LogP) is 5.48. The molecule has 0 aromatic carbocycles. The van der Waals surface area contributed by atoms with E-state index in [0.717, 1.165) is 64.2 Å². The summed E-state index contributed by atoms with van der Waals surface area (Å²) in [6, 6.07) is 0. The molecule has 2 aliphatic rings. The van der Waals surface area contributed by atoms with Crippen LogP contribution in [-0.2, 0) is 23.9 Å². The van der Waals surface area contributed by atoms with Crippen molar-refractivity contribution in [1.82, 2.24) is 0 Å². The second-order valence-corrected chi connectivity index (χ2v) is 9.48. The molecule has 5 unspecified atom stereocenters. The molecular formula is C26H42O6. The van der Waals surface area contributed by atoms with Gasteiger partial charge >= 0.3 is 5.97 Å². The summed E-state index contributed by atoms with van der Waals surface area (Å²) in [5, 5.41) is 8.76. The van der Waals surface area contributed by atoms with Crippen molar-refractivity contribution in [3.8, 4) is 0 Å². The van der Waals surface area contributed by atoms with Gasteiger partial charge in [0.05, 0.1) is 0 Å². The molecule has 32 heavy (non-hydrogen) atoms. The largest absolute Gasteiger partial charge is 0.481 e. The molecule has 0 spiro atoms. The summed E-state index contributed by atoms with van der Waals surface area (Å²) in [6.07, 6.45) is 13.7. The lowest BCUT2D eigenvalue weighted by molar-refractivity contribution is -0.189. The van der Waals surface area contributed by atoms with Crippen LogP contribution in [0.15, 0.2) is 12.2 Å². The minimum atomic E-state index is -0.760. The Kier molecular flexibility index (Phi) is 12.2. The monoisotopic (exact) mass is 450 g/mol. The Balaban J connectivity index is 1.93. The topological polar surface area (TPSA) is 89.9 Å². The average molecular weight is 451 g/mol. The lowest BCUT2D eigenvalue weighted by Crippen LogP contribution is -2.31. The minimum absolute atomic E-state index is 0.0115. The third-order valence-electron chi connectivity index (χ3n) is 6.78. The van der Waals surface area contributed by atoms with Crippen LogP contribution in [0.3, 0.4) is 0 Å². The molecule has 6 heteroatoms. The molecule has 2 rings (SSSR count). The maximum Gasteiger partial charge on any atom is 0.303 e. The van der Waals surface area contributed by atoms with Crippen molar-refractivity contribution in [2.45, 2.75) is 110 Å². The highest BCUT2D eigenvalue weighted by molar-refractivity contribution is 5.92. The van der Waals surface area contributed by atoms with Gasteiger partial charge in [-0.1, -0.05) is 52.0 Å². The van der Waals surface area contributed by atoms with Crippen LogP contribution in [0.5, 0.6) is 0 Å². The summed E-state index contributed by atoms with van der Waals surface area (Å²) in [7, 11) is 0. The first kappa shape index (κ1) is 26.7. The lowest BCUT2D eigenvalue weighted by atomic mass is 9.88. The van der Waals surface area contributed by atoms with E-state index >= 15 is 0 Å². The van der Waals surface area contributed by atoms with Crippen molar-refractivity contribution in [3.05, 3.63) is 12.2 Å². The van der Waals surface area contributed by atoms with Gasteiger partial charge in [-0.3, -0.25) is 14.4 Å². The fraction of sp³-hybridized carbons (Fsp3) is 0.808. The zero-order valence-electron chi connectivity index (χ0n) is 19.9. The molecule has 1 saturated carbocycles. The lowest BCUT2D eigenvalue weighted by Gasteiger charge is -2.25. The van der Waals surface area contributed by atoms with Gasteiger partial charge in [-0.25, -0.2) is 0 Å². The number of carboxylic acid groups (broad SMARTS) is 1. The van der Waals surface area contributed by atoms with Crippen LogP contribution in [0, 0.1) is 17.8 Å². The predicted molar refractivity (Wildman–Crippen MR) is 123 cm³/mol. The summed E-state index contributed by atoms with van der Waals surface area (Å²) >= 11 is 0. The summed E-state index contributed by atoms with van der Waals surface area (Å²) in [5.41, 5.74) is 0. The van der Waals surface area contributed by atoms with Gasteiger partial charge in [0.1, 0.15) is 6.10 Å². The molecule has 1 aliphatic carbocycles. The van der Waals surface area contributed by atoms with Crippen LogP contribution >= 0.6 is 0 Å². The second kappa shape index (κ2) is 14.6. The van der Waals surface area contributed by atoms with Crippen molar-refractivity contribution in [1.29, 1.82) is 0 Å². The Morgan fingerprint density at radius 1 is 1.19 bits per heavy atom. The number of aliphatic carboxylic acids is 1. The van der Waals surface area contributed by atoms with Crippen LogP contribution in [0.1, 0.15) is 97.3 Å². The third kappa shape index (κ3) is 9.14. The van der Waals surface area contributed by atoms with Crippen LogP contribution < -0.4 is 0 Å². The zero-order valence-corrected chi connectivity index (χ0v) is 19.9. The quantitative estimate of drug-likeness (QED) is 0.262. The number of Topliss-reactive ketones (excluding diaryl/α,β-unsaturated/α-hetero) is 1. The van der Waals surface area contributed by atoms with E-state index < -0.39 is 12.1 Å². The molecule has 0 aromatic heterocycles. The fourth-order valence-electron chi connectivity index (χ4n) is 4.70. The summed E-state index contributed by atoms with van der Waals surface area (Å²) in [5.74, 6) is -0.609. The number of carboxylic acids is 1. The van der Waals surface area contributed by atoms with Gasteiger partial charge in [-0.15, -0.1) is 0 Å². The normalized spacial score (nSPS) is 27.1. The number of carbonyl (C=O) groups excluding carboxylic acids is 2. The van der Waals surface area contributed by atoms with Crippen molar-refractivity contribution in [3.63, 3.8) is 0 Å². The first-order valence-corrected chi connectivity index (χ1v) is 12.7. The molecule has 1 heterocycles. The number of hydrogen-bond acceptors (Lipinski definition) is 5. The Morgan fingerprint density at radius 2 is 1.97 bits per heavy atom. The number of carbonyl (C=O) groups is 3. The van der Waals surface area contributed by atoms with E-state index in [-0.39, 0.29) is 42.0 Å². The van der Waals surface area contributed by atoms with Gasteiger partial charge < -0.3 is 14.6 Å². The first-order valence-electron chi connectivity index (χ1n) is 12.7. The SMILES string of the molecule is CCCCC(C)C(=O)C=CC1CC(OC2CCCCO2)C(=O)C1CCCCCCC(=O)O. The Bertz CT molecular complexity index is 622. The number of ketones is 2. The molecule has 2 fully saturated rings. The number of unbranched alkanes of at least 4 members (excludes halogenated alkanes) is 4. The maximum absolute atomic E-state index is 13.1. The zero-order chi connectivity index (χ0) is 23.3. The molecule has 6 nitrogen and oxygen atoms in total. The molecule has 1 saturated heterocycles. The first-order chi connectivity index (χ1) is 15.4. The van der Waals surface area contributed by atoms with Gasteiger partial charge in [0.2, 0.25) is 0 Å². The molecule has 5 atom stereocenters. The minimum Gasteiger partial charge on any atom is -0.481 e. The molecule has 0 bridgehead atoms. The molecular weight excluding hydrogens is 408 g/mol. The van der Waals surface area contributed by atoms with E-state index in [9.17, 15) is 14.4 Å². The van der Waals surface area contributed by atoms with Gasteiger partial charge in [0.15, 0.2) is 17.9 Å². The van der Waals surface area contributed by atoms with Gasteiger partial charge in [0, 0.05) is 24.9 Å². The Morgan fingerprint density at radius 3 is 2.66 bits per heavy atom. The van der Waals surface area contributed by atoms with Crippen molar-refractivity contribution in [2.75, 3.05) is 6.61 Å². The molecule has 0 aromatic rings. The number of ether oxygens (including phenoxy) is 2. The summed E-state index contributed by atoms with van der Waals surface area (Å²) in [4.78, 5) is 36.3. The van der Waals surface area contributed by atoms with Crippen molar-refractivity contribution >= 4 is 17.5 Å². The second-order valence-electron chi connectivity index (χ2n) is 9.48. The van der Waals surface area contributed by atoms with E-state index in [2.05, 4.69) is 6.92 Å². The standard InChI is InChI=1S/C26H42O6/c1-3-4-11-19(2)22(27)16-15-20-18-23(32-25-14-9-10-17-31-25)26(30)21(20)12-7-5-6-8-13-24(28)29/h15-16,19-21,23,25H,3-14,17-18H2,1-2H3,(H,28,29). The summed E-state index contributed by atoms with van der Waals surface area (Å²) in [6.45, 7) is 4.78. The average Bonchev–Trinajstić information content (AvgIpc) is 3.07. The van der Waals surface area contributed by atoms with Gasteiger partial charge in [-0.2, -0.15) is 0 Å². The van der Waals surface area contributed by atoms with E-state index in [1.807, 2.05) is 13.0 Å². The Labute approximate surface area is 193 Å². The number of rotatable bonds is 15. The van der Waals surface area contributed by atoms with Crippen LogP contribution in [-0.4, -0.2) is 41.6 Å². The highest BCUT2D eigenvalue weighted by Crippen LogP contribution is 2.37. The molecule has 0 amide bonds. The number of hydrogen-bond donors (Lipinski definition) is 1. The Hall–Kier alpha value is -1.53. The van der Waals surface area contributed by atoms with E-state index in [0.29, 0.717) is 19.4 Å². The molecule has 1 aliphatic heterocycles. The maximum atomic E-state index is 13.1. The van der Waals surface area contributed by atoms with E-state index in [4.69, 9.17) is 14.6 Å². The fourth-order valence-corrected chi connectivity index (χ4v) is 4.70. The smallest absolute Gasteiger partial charge is 0.303 e. The van der Waals surface area contributed by atoms with Gasteiger partial charge in [0.25, 0.3) is 0 Å². The van der Waals surface area contributed by atoms with Crippen LogP contribution in [0.4, 0.5) is 0 Å². The number of allylic oxidation sites excluding steroid dienone is 2. The highest BCUT2D eigenvalue weighted by Gasteiger charge is 2.42. The van der Waals surface area contributed by atoms with Crippen molar-refractivity contribution < 1.29 is 29.0 Å². The highest BCUT2D eigenvalue weighted by atomic mass is 16.7. The van der Waals surface area contributed by atoms with Crippen LogP contribution in [0.2, 0.25) is 0 Å². The molecule has 1 N–H and O–H groups in total. The van der Waals surface area contributed by atoms with E-state index in [1.54, 1.807) is 6.08 Å².